The summed E-state index contributed by atoms with van der Waals surface area (Å²) < 4.78 is 0. The van der Waals surface area contributed by atoms with Crippen molar-refractivity contribution in [3.8, 4) is 11.1 Å². The third-order valence-corrected chi connectivity index (χ3v) is 4.87. The van der Waals surface area contributed by atoms with Crippen molar-refractivity contribution in [1.29, 1.82) is 0 Å². The van der Waals surface area contributed by atoms with Gasteiger partial charge in [0.2, 0.25) is 0 Å². The van der Waals surface area contributed by atoms with E-state index in [0.717, 1.165) is 17.8 Å². The minimum Gasteiger partial charge on any atom is -0.306 e. The first-order valence-electron chi connectivity index (χ1n) is 9.07. The summed E-state index contributed by atoms with van der Waals surface area (Å²) in [7, 11) is 1.97. The molecule has 0 bridgehead atoms. The molecule has 0 saturated heterocycles. The number of hydrazone groups is 1. The van der Waals surface area contributed by atoms with Crippen molar-refractivity contribution in [2.24, 2.45) is 5.10 Å². The van der Waals surface area contributed by atoms with Crippen molar-refractivity contribution >= 4 is 11.9 Å². The lowest BCUT2D eigenvalue weighted by Crippen LogP contribution is -2.19. The van der Waals surface area contributed by atoms with Crippen molar-refractivity contribution in [2.75, 3.05) is 18.6 Å². The largest absolute Gasteiger partial charge is 0.306 e. The maximum absolute atomic E-state index is 4.59. The second-order valence-corrected chi connectivity index (χ2v) is 6.53. The molecule has 0 amide bonds. The minimum atomic E-state index is 0.282. The molecular weight excluding hydrogens is 318 g/mol. The van der Waals surface area contributed by atoms with Crippen molar-refractivity contribution in [1.82, 2.24) is 5.32 Å². The Bertz CT molecular complexity index is 931. The first kappa shape index (κ1) is 16.6. The smallest absolute Gasteiger partial charge is 0.0590 e. The highest BCUT2D eigenvalue weighted by atomic mass is 15.4. The summed E-state index contributed by atoms with van der Waals surface area (Å²) >= 11 is 0. The van der Waals surface area contributed by atoms with Gasteiger partial charge in [-0.3, -0.25) is 5.01 Å². The van der Waals surface area contributed by atoms with Gasteiger partial charge in [0.15, 0.2) is 0 Å². The highest BCUT2D eigenvalue weighted by Crippen LogP contribution is 2.43. The van der Waals surface area contributed by atoms with Gasteiger partial charge < -0.3 is 5.32 Å². The molecule has 3 aromatic carbocycles. The summed E-state index contributed by atoms with van der Waals surface area (Å²) in [4.78, 5) is 0. The van der Waals surface area contributed by atoms with Gasteiger partial charge in [0, 0.05) is 7.05 Å². The van der Waals surface area contributed by atoms with E-state index in [4.69, 9.17) is 0 Å². The summed E-state index contributed by atoms with van der Waals surface area (Å²) in [6.07, 6.45) is 1.93. The zero-order chi connectivity index (χ0) is 17.9. The van der Waals surface area contributed by atoms with E-state index < -0.39 is 0 Å². The van der Waals surface area contributed by atoms with Crippen molar-refractivity contribution in [3.05, 3.63) is 89.5 Å². The fourth-order valence-corrected chi connectivity index (χ4v) is 3.59. The van der Waals surface area contributed by atoms with E-state index in [1.54, 1.807) is 0 Å². The van der Waals surface area contributed by atoms with Gasteiger partial charge in [-0.1, -0.05) is 61.5 Å². The first-order valence-corrected chi connectivity index (χ1v) is 9.07. The molecule has 0 heterocycles. The molecule has 1 atom stereocenters. The van der Waals surface area contributed by atoms with E-state index >= 15 is 0 Å². The maximum atomic E-state index is 4.59. The fourth-order valence-electron chi connectivity index (χ4n) is 3.59. The molecule has 130 valence electrons. The molecule has 3 aromatic rings. The van der Waals surface area contributed by atoms with E-state index in [9.17, 15) is 0 Å². The van der Waals surface area contributed by atoms with Gasteiger partial charge in [-0.25, -0.2) is 0 Å². The molecule has 4 rings (SSSR count). The van der Waals surface area contributed by atoms with Crippen LogP contribution in [0, 0.1) is 0 Å². The van der Waals surface area contributed by atoms with Crippen molar-refractivity contribution in [3.63, 3.8) is 0 Å². The Morgan fingerprint density at radius 1 is 0.923 bits per heavy atom. The zero-order valence-electron chi connectivity index (χ0n) is 15.2. The zero-order valence-corrected chi connectivity index (χ0v) is 15.2. The van der Waals surface area contributed by atoms with Gasteiger partial charge in [-0.2, -0.15) is 5.10 Å². The average Bonchev–Trinajstić information content (AvgIpc) is 3.01. The van der Waals surface area contributed by atoms with Gasteiger partial charge in [-0.05, 0) is 52.6 Å². The fraction of sp³-hybridized carbons (Fsp3) is 0.174. The van der Waals surface area contributed by atoms with Gasteiger partial charge in [0.05, 0.1) is 17.9 Å². The molecule has 1 N–H and O–H groups in total. The predicted octanol–water partition coefficient (Wildman–Crippen LogP) is 4.84. The Balaban J connectivity index is 1.65. The molecule has 26 heavy (non-hydrogen) atoms. The van der Waals surface area contributed by atoms with E-state index in [-0.39, 0.29) is 6.04 Å². The quantitative estimate of drug-likeness (QED) is 0.531. The lowest BCUT2D eigenvalue weighted by Gasteiger charge is -2.14. The van der Waals surface area contributed by atoms with Gasteiger partial charge in [0.25, 0.3) is 0 Å². The normalized spacial score (nSPS) is 15.1. The SMILES string of the molecule is CCNC1c2ccccc2-c2cc(C=NN(C)c3ccccc3)ccc21. The second-order valence-electron chi connectivity index (χ2n) is 6.53. The molecule has 1 aliphatic rings. The maximum Gasteiger partial charge on any atom is 0.0590 e. The molecule has 3 nitrogen and oxygen atoms in total. The minimum absolute atomic E-state index is 0.282. The highest BCUT2D eigenvalue weighted by molar-refractivity contribution is 5.87. The molecule has 0 saturated carbocycles. The Kier molecular flexibility index (Phi) is 4.55. The van der Waals surface area contributed by atoms with Crippen LogP contribution < -0.4 is 10.3 Å². The van der Waals surface area contributed by atoms with E-state index in [1.165, 1.54) is 22.3 Å². The molecular formula is C23H23N3. The summed E-state index contributed by atoms with van der Waals surface area (Å²) in [5.74, 6) is 0. The highest BCUT2D eigenvalue weighted by Gasteiger charge is 2.27. The molecule has 1 unspecified atom stereocenters. The van der Waals surface area contributed by atoms with E-state index in [1.807, 2.05) is 36.5 Å². The number of nitrogens with one attached hydrogen (secondary N) is 1. The lowest BCUT2D eigenvalue weighted by atomic mass is 10.0. The van der Waals surface area contributed by atoms with E-state index in [2.05, 4.69) is 71.9 Å². The topological polar surface area (TPSA) is 27.6 Å². The summed E-state index contributed by atoms with van der Waals surface area (Å²) in [5, 5.41) is 10.1. The third kappa shape index (κ3) is 3.02. The van der Waals surface area contributed by atoms with Crippen LogP contribution >= 0.6 is 0 Å². The second kappa shape index (κ2) is 7.14. The number of nitrogens with zero attached hydrogens (tertiary/aromatic N) is 2. The molecule has 0 radical (unpaired) electrons. The molecule has 3 heteroatoms. The number of benzene rings is 3. The number of para-hydroxylation sites is 1. The van der Waals surface area contributed by atoms with Crippen molar-refractivity contribution in [2.45, 2.75) is 13.0 Å². The monoisotopic (exact) mass is 341 g/mol. The van der Waals surface area contributed by atoms with Crippen LogP contribution in [0.25, 0.3) is 11.1 Å². The van der Waals surface area contributed by atoms with Crippen LogP contribution in [0.5, 0.6) is 0 Å². The van der Waals surface area contributed by atoms with E-state index in [0.29, 0.717) is 0 Å². The standard InChI is InChI=1S/C23H23N3/c1-3-24-23-20-12-8-7-11-19(20)22-15-17(13-14-21(22)23)16-25-26(2)18-9-5-4-6-10-18/h4-16,23-24H,3H2,1-2H3. The third-order valence-electron chi connectivity index (χ3n) is 4.87. The van der Waals surface area contributed by atoms with Crippen LogP contribution in [-0.2, 0) is 0 Å². The van der Waals surface area contributed by atoms with Crippen LogP contribution in [0.3, 0.4) is 0 Å². The molecule has 0 fully saturated rings. The number of fused-ring (bicyclic) bond motifs is 3. The van der Waals surface area contributed by atoms with Crippen molar-refractivity contribution < 1.29 is 0 Å². The van der Waals surface area contributed by atoms with Gasteiger partial charge in [-0.15, -0.1) is 0 Å². The average molecular weight is 341 g/mol. The number of anilines is 1. The molecule has 0 aliphatic heterocycles. The molecule has 1 aliphatic carbocycles. The number of rotatable bonds is 5. The van der Waals surface area contributed by atoms with Gasteiger partial charge in [0.1, 0.15) is 0 Å². The molecule has 0 aromatic heterocycles. The predicted molar refractivity (Wildman–Crippen MR) is 110 cm³/mol. The summed E-state index contributed by atoms with van der Waals surface area (Å²) in [5.41, 5.74) is 7.51. The number of hydrogen-bond donors (Lipinski definition) is 1. The van der Waals surface area contributed by atoms with Gasteiger partial charge >= 0.3 is 0 Å². The van der Waals surface area contributed by atoms with Crippen LogP contribution in [0.2, 0.25) is 0 Å². The Hall–Kier alpha value is -2.91. The summed E-state index contributed by atoms with van der Waals surface area (Å²) in [6, 6.07) is 25.7. The summed E-state index contributed by atoms with van der Waals surface area (Å²) in [6.45, 7) is 3.10. The van der Waals surface area contributed by atoms with Crippen LogP contribution in [-0.4, -0.2) is 19.8 Å². The number of hydrogen-bond acceptors (Lipinski definition) is 3. The molecule has 0 spiro atoms. The Morgan fingerprint density at radius 3 is 2.46 bits per heavy atom. The first-order chi connectivity index (χ1) is 12.8. The lowest BCUT2D eigenvalue weighted by molar-refractivity contribution is 0.642. The Labute approximate surface area is 155 Å². The van der Waals surface area contributed by atoms with Crippen LogP contribution in [0.4, 0.5) is 5.69 Å². The van der Waals surface area contributed by atoms with Crippen LogP contribution in [0.1, 0.15) is 29.7 Å². The Morgan fingerprint density at radius 2 is 1.65 bits per heavy atom. The van der Waals surface area contributed by atoms with Crippen LogP contribution in [0.15, 0.2) is 77.9 Å².